The molecule has 1 aliphatic heterocycles. The molecule has 1 saturated heterocycles. The van der Waals surface area contributed by atoms with Crippen molar-refractivity contribution in [1.29, 1.82) is 0 Å². The zero-order valence-corrected chi connectivity index (χ0v) is 19.7. The monoisotopic (exact) mass is 506 g/mol. The number of halogens is 1. The molecule has 3 aromatic rings. The minimum Gasteiger partial charge on any atom is -0.493 e. The van der Waals surface area contributed by atoms with Gasteiger partial charge in [0.15, 0.2) is 0 Å². The Labute approximate surface area is 200 Å². The molecule has 0 bridgehead atoms. The van der Waals surface area contributed by atoms with Crippen LogP contribution in [0.4, 0.5) is 5.69 Å². The molecule has 7 heteroatoms. The number of hydrogen-bond acceptors (Lipinski definition) is 4. The summed E-state index contributed by atoms with van der Waals surface area (Å²) in [5.74, 6) is 0.544. The first-order valence-corrected chi connectivity index (χ1v) is 11.3. The summed E-state index contributed by atoms with van der Waals surface area (Å²) in [6, 6.07) is 22.3. The second-order valence-corrected chi connectivity index (χ2v) is 8.44. The maximum Gasteiger partial charge on any atom is 0.282 e. The van der Waals surface area contributed by atoms with Crippen molar-refractivity contribution in [2.75, 3.05) is 18.2 Å². The Morgan fingerprint density at radius 1 is 0.939 bits per heavy atom. The fourth-order valence-electron chi connectivity index (χ4n) is 3.37. The van der Waals surface area contributed by atoms with Gasteiger partial charge in [0.1, 0.15) is 17.1 Å². The predicted octanol–water partition coefficient (Wildman–Crippen LogP) is 5.07. The first-order valence-electron chi connectivity index (χ1n) is 10.6. The van der Waals surface area contributed by atoms with Crippen molar-refractivity contribution in [1.82, 2.24) is 5.43 Å². The van der Waals surface area contributed by atoms with E-state index in [1.807, 2.05) is 55.5 Å². The summed E-state index contributed by atoms with van der Waals surface area (Å²) in [5, 5.41) is 1.25. The standard InChI is InChI=1S/C26H23BrN2O4/c1-18-7-5-10-22(15-18)32-13-6-14-33-24-12-11-20(27)16-19(24)17-23-25(30)28-29(26(23)31)21-8-3-2-4-9-21/h2-5,7-12,15-17H,6,13-14H2,1H3,(H,28,30)/b23-17-. The molecule has 4 rings (SSSR count). The Morgan fingerprint density at radius 3 is 2.52 bits per heavy atom. The quantitative estimate of drug-likeness (QED) is 0.263. The molecule has 1 fully saturated rings. The van der Waals surface area contributed by atoms with Crippen LogP contribution in [0.3, 0.4) is 0 Å². The average Bonchev–Trinajstić information content (AvgIpc) is 3.09. The lowest BCUT2D eigenvalue weighted by molar-refractivity contribution is -0.117. The third-order valence-corrected chi connectivity index (χ3v) is 5.48. The number of hydrogen-bond donors (Lipinski definition) is 1. The number of hydrazine groups is 1. The Hall–Kier alpha value is -3.58. The van der Waals surface area contributed by atoms with Crippen LogP contribution in [-0.4, -0.2) is 25.0 Å². The molecule has 0 atom stereocenters. The van der Waals surface area contributed by atoms with E-state index < -0.39 is 11.8 Å². The second-order valence-electron chi connectivity index (χ2n) is 7.52. The Morgan fingerprint density at radius 2 is 1.73 bits per heavy atom. The van der Waals surface area contributed by atoms with Crippen LogP contribution in [0, 0.1) is 6.92 Å². The zero-order chi connectivity index (χ0) is 23.2. The fourth-order valence-corrected chi connectivity index (χ4v) is 3.75. The smallest absolute Gasteiger partial charge is 0.282 e. The first-order chi connectivity index (χ1) is 16.0. The second kappa shape index (κ2) is 10.4. The van der Waals surface area contributed by atoms with Crippen molar-refractivity contribution in [3.8, 4) is 11.5 Å². The molecule has 0 spiro atoms. The molecule has 1 heterocycles. The molecule has 0 saturated carbocycles. The van der Waals surface area contributed by atoms with E-state index >= 15 is 0 Å². The van der Waals surface area contributed by atoms with Gasteiger partial charge in [-0.1, -0.05) is 46.3 Å². The van der Waals surface area contributed by atoms with Crippen molar-refractivity contribution in [3.05, 3.63) is 94.0 Å². The number of para-hydroxylation sites is 1. The maximum absolute atomic E-state index is 12.9. The van der Waals surface area contributed by atoms with Gasteiger partial charge >= 0.3 is 0 Å². The van der Waals surface area contributed by atoms with Gasteiger partial charge in [-0.05, 0) is 61.0 Å². The van der Waals surface area contributed by atoms with Gasteiger partial charge in [0, 0.05) is 16.5 Å². The van der Waals surface area contributed by atoms with Crippen LogP contribution < -0.4 is 19.9 Å². The molecule has 1 aliphatic rings. The number of rotatable bonds is 8. The van der Waals surface area contributed by atoms with Gasteiger partial charge in [-0.3, -0.25) is 15.0 Å². The number of carbonyl (C=O) groups excluding carboxylic acids is 2. The minimum absolute atomic E-state index is 0.0459. The number of carbonyl (C=O) groups is 2. The van der Waals surface area contributed by atoms with E-state index in [2.05, 4.69) is 21.4 Å². The molecule has 0 aliphatic carbocycles. The SMILES string of the molecule is Cc1cccc(OCCCOc2ccc(Br)cc2/C=C2/C(=O)NN(c3ccccc3)C2=O)c1. The van der Waals surface area contributed by atoms with Crippen LogP contribution in [0.5, 0.6) is 11.5 Å². The van der Waals surface area contributed by atoms with Crippen LogP contribution in [-0.2, 0) is 9.59 Å². The molecule has 2 amide bonds. The molecule has 0 radical (unpaired) electrons. The van der Waals surface area contributed by atoms with E-state index in [-0.39, 0.29) is 5.57 Å². The molecular formula is C26H23BrN2O4. The van der Waals surface area contributed by atoms with E-state index in [1.165, 1.54) is 5.01 Å². The van der Waals surface area contributed by atoms with Gasteiger partial charge in [-0.2, -0.15) is 0 Å². The van der Waals surface area contributed by atoms with Crippen LogP contribution in [0.2, 0.25) is 0 Å². The molecule has 0 aromatic heterocycles. The van der Waals surface area contributed by atoms with Crippen LogP contribution in [0.25, 0.3) is 6.08 Å². The third kappa shape index (κ3) is 5.62. The highest BCUT2D eigenvalue weighted by molar-refractivity contribution is 9.10. The lowest BCUT2D eigenvalue weighted by atomic mass is 10.1. The Bertz CT molecular complexity index is 1190. The van der Waals surface area contributed by atoms with Crippen molar-refractivity contribution < 1.29 is 19.1 Å². The number of ether oxygens (including phenoxy) is 2. The molecule has 33 heavy (non-hydrogen) atoms. The summed E-state index contributed by atoms with van der Waals surface area (Å²) in [6.07, 6.45) is 2.24. The molecule has 168 valence electrons. The fraction of sp³-hybridized carbons (Fsp3) is 0.154. The number of nitrogens with zero attached hydrogens (tertiary/aromatic N) is 1. The Kier molecular flexibility index (Phi) is 7.10. The summed E-state index contributed by atoms with van der Waals surface area (Å²) in [7, 11) is 0. The summed E-state index contributed by atoms with van der Waals surface area (Å²) in [5.41, 5.74) is 5.04. The van der Waals surface area contributed by atoms with E-state index in [0.717, 1.165) is 15.8 Å². The lowest BCUT2D eigenvalue weighted by Crippen LogP contribution is -2.35. The van der Waals surface area contributed by atoms with Gasteiger partial charge in [-0.15, -0.1) is 0 Å². The van der Waals surface area contributed by atoms with Crippen LogP contribution in [0.15, 0.2) is 82.8 Å². The van der Waals surface area contributed by atoms with E-state index in [4.69, 9.17) is 9.47 Å². The van der Waals surface area contributed by atoms with E-state index in [1.54, 1.807) is 30.3 Å². The number of aryl methyl sites for hydroxylation is 1. The third-order valence-electron chi connectivity index (χ3n) is 4.98. The maximum atomic E-state index is 12.9. The highest BCUT2D eigenvalue weighted by atomic mass is 79.9. The normalized spacial score (nSPS) is 14.5. The molecule has 0 unspecified atom stereocenters. The van der Waals surface area contributed by atoms with Gasteiger partial charge in [0.2, 0.25) is 0 Å². The van der Waals surface area contributed by atoms with Crippen LogP contribution in [0.1, 0.15) is 17.5 Å². The minimum atomic E-state index is -0.457. The highest BCUT2D eigenvalue weighted by Crippen LogP contribution is 2.28. The van der Waals surface area contributed by atoms with E-state index in [9.17, 15) is 9.59 Å². The summed E-state index contributed by atoms with van der Waals surface area (Å²) < 4.78 is 12.5. The summed E-state index contributed by atoms with van der Waals surface area (Å²) in [6.45, 7) is 2.97. The zero-order valence-electron chi connectivity index (χ0n) is 18.1. The number of amides is 2. The lowest BCUT2D eigenvalue weighted by Gasteiger charge is -2.14. The molecule has 6 nitrogen and oxygen atoms in total. The number of anilines is 1. The van der Waals surface area contributed by atoms with Gasteiger partial charge in [0.05, 0.1) is 18.9 Å². The van der Waals surface area contributed by atoms with Crippen molar-refractivity contribution in [2.45, 2.75) is 13.3 Å². The highest BCUT2D eigenvalue weighted by Gasteiger charge is 2.34. The topological polar surface area (TPSA) is 67.9 Å². The number of nitrogens with one attached hydrogen (secondary N) is 1. The van der Waals surface area contributed by atoms with Gasteiger partial charge < -0.3 is 9.47 Å². The average molecular weight is 507 g/mol. The Balaban J connectivity index is 1.43. The predicted molar refractivity (Wildman–Crippen MR) is 131 cm³/mol. The largest absolute Gasteiger partial charge is 0.493 e. The molecular weight excluding hydrogens is 484 g/mol. The summed E-state index contributed by atoms with van der Waals surface area (Å²) in [4.78, 5) is 25.4. The van der Waals surface area contributed by atoms with Crippen molar-refractivity contribution >= 4 is 39.5 Å². The molecule has 1 N–H and O–H groups in total. The molecule has 3 aromatic carbocycles. The van der Waals surface area contributed by atoms with E-state index in [0.29, 0.717) is 36.6 Å². The summed E-state index contributed by atoms with van der Waals surface area (Å²) >= 11 is 3.45. The van der Waals surface area contributed by atoms with Crippen molar-refractivity contribution in [2.24, 2.45) is 0 Å². The first kappa shape index (κ1) is 22.6. The van der Waals surface area contributed by atoms with Gasteiger partial charge in [-0.25, -0.2) is 5.01 Å². The van der Waals surface area contributed by atoms with Gasteiger partial charge in [0.25, 0.3) is 11.8 Å². The number of benzene rings is 3. The van der Waals surface area contributed by atoms with Crippen molar-refractivity contribution in [3.63, 3.8) is 0 Å². The van der Waals surface area contributed by atoms with Crippen LogP contribution >= 0.6 is 15.9 Å².